The second-order valence-corrected chi connectivity index (χ2v) is 16.5. The first-order valence-electron chi connectivity index (χ1n) is 21.4. The number of hydrogen-bond acceptors (Lipinski definition) is 6. The third-order valence-electron chi connectivity index (χ3n) is 12.5. The van der Waals surface area contributed by atoms with E-state index in [0.717, 1.165) is 134 Å². The van der Waals surface area contributed by atoms with Gasteiger partial charge >= 0.3 is 0 Å². The van der Waals surface area contributed by atoms with Crippen molar-refractivity contribution in [2.24, 2.45) is 0 Å². The number of imidazole rings is 3. The smallest absolute Gasteiger partial charge is 0.149 e. The number of hydrogen-bond donors (Lipinski definition) is 0. The fourth-order valence-electron chi connectivity index (χ4n) is 9.75. The van der Waals surface area contributed by atoms with Gasteiger partial charge in [-0.15, -0.1) is 0 Å². The molecule has 0 saturated carbocycles. The lowest BCUT2D eigenvalue weighted by molar-refractivity contribution is 1.15. The van der Waals surface area contributed by atoms with Crippen molar-refractivity contribution in [3.05, 3.63) is 188 Å². The molecule has 0 aliphatic rings. The molecular formula is C55H33N9. The molecule has 0 saturated heterocycles. The predicted octanol–water partition coefficient (Wildman–Crippen LogP) is 12.7. The van der Waals surface area contributed by atoms with Crippen molar-refractivity contribution < 1.29 is 0 Å². The van der Waals surface area contributed by atoms with Crippen molar-refractivity contribution in [3.8, 4) is 45.3 Å². The molecule has 6 heterocycles. The van der Waals surface area contributed by atoms with Gasteiger partial charge in [0.2, 0.25) is 0 Å². The molecule has 9 nitrogen and oxygen atoms in total. The predicted molar refractivity (Wildman–Crippen MR) is 258 cm³/mol. The largest absolute Gasteiger partial charge is 0.276 e. The highest BCUT2D eigenvalue weighted by molar-refractivity contribution is 6.02. The maximum Gasteiger partial charge on any atom is 0.149 e. The van der Waals surface area contributed by atoms with E-state index in [0.29, 0.717) is 0 Å². The van der Waals surface area contributed by atoms with Gasteiger partial charge in [0.15, 0.2) is 0 Å². The molecule has 0 aliphatic heterocycles. The Hall–Kier alpha value is -8.82. The summed E-state index contributed by atoms with van der Waals surface area (Å²) in [5, 5.41) is 2.99. The van der Waals surface area contributed by atoms with Gasteiger partial charge in [0.05, 0.1) is 49.7 Å². The number of benzene rings is 8. The summed E-state index contributed by atoms with van der Waals surface area (Å²) in [6, 6.07) is 63.1. The van der Waals surface area contributed by atoms with E-state index >= 15 is 0 Å². The molecule has 14 aromatic rings. The molecule has 0 atom stereocenters. The number of fused-ring (bicyclic) bond motifs is 15. The Morgan fingerprint density at radius 3 is 0.953 bits per heavy atom. The number of rotatable bonds is 4. The molecule has 8 aromatic carbocycles. The monoisotopic (exact) mass is 819 g/mol. The molecule has 0 unspecified atom stereocenters. The summed E-state index contributed by atoms with van der Waals surface area (Å²) >= 11 is 0. The Morgan fingerprint density at radius 1 is 0.281 bits per heavy atom. The fourth-order valence-corrected chi connectivity index (χ4v) is 9.75. The van der Waals surface area contributed by atoms with Crippen molar-refractivity contribution in [1.82, 2.24) is 43.1 Å². The Bertz CT molecular complexity index is 4120. The van der Waals surface area contributed by atoms with Crippen LogP contribution in [0.1, 0.15) is 5.56 Å². The van der Waals surface area contributed by atoms with Gasteiger partial charge in [0, 0.05) is 32.8 Å². The Balaban J connectivity index is 1.09. The van der Waals surface area contributed by atoms with Crippen LogP contribution in [0.5, 0.6) is 0 Å². The highest BCUT2D eigenvalue weighted by atomic mass is 15.1. The zero-order valence-corrected chi connectivity index (χ0v) is 34.3. The van der Waals surface area contributed by atoms with E-state index in [1.54, 1.807) is 0 Å². The van der Waals surface area contributed by atoms with Crippen LogP contribution in [0.15, 0.2) is 182 Å². The van der Waals surface area contributed by atoms with E-state index in [1.807, 2.05) is 54.6 Å². The Kier molecular flexibility index (Phi) is 7.13. The van der Waals surface area contributed by atoms with Crippen LogP contribution in [0.2, 0.25) is 0 Å². The second kappa shape index (κ2) is 13.1. The van der Waals surface area contributed by atoms with Gasteiger partial charge in [0.25, 0.3) is 0 Å². The van der Waals surface area contributed by atoms with Gasteiger partial charge in [-0.25, -0.2) is 29.9 Å². The molecule has 0 fully saturated rings. The van der Waals surface area contributed by atoms with Crippen molar-refractivity contribution in [1.29, 1.82) is 0 Å². The zero-order chi connectivity index (χ0) is 42.0. The molecule has 0 amide bonds. The van der Waals surface area contributed by atoms with Gasteiger partial charge in [0.1, 0.15) is 34.4 Å². The molecule has 0 radical (unpaired) electrons. The zero-order valence-electron chi connectivity index (χ0n) is 34.3. The van der Waals surface area contributed by atoms with Gasteiger partial charge in [-0.1, -0.05) is 78.9 Å². The average Bonchev–Trinajstić information content (AvgIpc) is 4.06. The summed E-state index contributed by atoms with van der Waals surface area (Å²) in [7, 11) is 0. The van der Waals surface area contributed by atoms with E-state index in [2.05, 4.69) is 148 Å². The fraction of sp³-hybridized carbons (Fsp3) is 0.0182. The van der Waals surface area contributed by atoms with E-state index in [9.17, 15) is 0 Å². The van der Waals surface area contributed by atoms with E-state index in [-0.39, 0.29) is 0 Å². The molecule has 6 aromatic heterocycles. The highest BCUT2D eigenvalue weighted by Gasteiger charge is 2.22. The molecule has 0 spiro atoms. The summed E-state index contributed by atoms with van der Waals surface area (Å²) in [6.07, 6.45) is 0. The highest BCUT2D eigenvalue weighted by Crippen LogP contribution is 2.39. The molecule has 0 bridgehead atoms. The molecule has 0 aliphatic carbocycles. The minimum atomic E-state index is 0.786. The van der Waals surface area contributed by atoms with Crippen molar-refractivity contribution in [2.75, 3.05) is 0 Å². The van der Waals surface area contributed by atoms with Crippen LogP contribution in [0.3, 0.4) is 0 Å². The second-order valence-electron chi connectivity index (χ2n) is 16.5. The number of nitrogens with zero attached hydrogens (tertiary/aromatic N) is 9. The summed E-state index contributed by atoms with van der Waals surface area (Å²) in [4.78, 5) is 31.8. The number of aromatic nitrogens is 9. The number of para-hydroxylation sites is 9. The summed E-state index contributed by atoms with van der Waals surface area (Å²) in [5.41, 5.74) is 16.9. The molecule has 64 heavy (non-hydrogen) atoms. The molecule has 14 rings (SSSR count). The Labute approximate surface area is 364 Å². The summed E-state index contributed by atoms with van der Waals surface area (Å²) < 4.78 is 6.62. The van der Waals surface area contributed by atoms with Crippen LogP contribution >= 0.6 is 0 Å². The maximum absolute atomic E-state index is 5.45. The maximum atomic E-state index is 5.45. The lowest BCUT2D eigenvalue weighted by atomic mass is 9.95. The summed E-state index contributed by atoms with van der Waals surface area (Å²) in [6.45, 7) is 2.15. The van der Waals surface area contributed by atoms with Crippen LogP contribution in [0.25, 0.3) is 128 Å². The van der Waals surface area contributed by atoms with Crippen molar-refractivity contribution >= 4 is 82.8 Å². The summed E-state index contributed by atoms with van der Waals surface area (Å²) in [5.74, 6) is 2.40. The quantitative estimate of drug-likeness (QED) is 0.176. The molecule has 9 heteroatoms. The van der Waals surface area contributed by atoms with Gasteiger partial charge in [-0.2, -0.15) is 0 Å². The van der Waals surface area contributed by atoms with Crippen molar-refractivity contribution in [3.63, 3.8) is 0 Å². The van der Waals surface area contributed by atoms with Crippen LogP contribution in [-0.2, 0) is 0 Å². The lowest BCUT2D eigenvalue weighted by Crippen LogP contribution is -2.01. The van der Waals surface area contributed by atoms with Crippen LogP contribution in [0, 0.1) is 6.92 Å². The van der Waals surface area contributed by atoms with Crippen molar-refractivity contribution in [2.45, 2.75) is 6.92 Å². The Morgan fingerprint density at radius 2 is 0.562 bits per heavy atom. The first-order chi connectivity index (χ1) is 31.6. The van der Waals surface area contributed by atoms with Crippen LogP contribution in [0.4, 0.5) is 0 Å². The molecule has 0 N–H and O–H groups in total. The van der Waals surface area contributed by atoms with Gasteiger partial charge in [-0.05, 0) is 127 Å². The number of aryl methyl sites for hydroxylation is 1. The molecule has 298 valence electrons. The van der Waals surface area contributed by atoms with E-state index in [4.69, 9.17) is 29.9 Å². The third kappa shape index (κ3) is 5.06. The van der Waals surface area contributed by atoms with Gasteiger partial charge < -0.3 is 0 Å². The minimum absolute atomic E-state index is 0.786. The normalized spacial score (nSPS) is 12.1. The average molecular weight is 820 g/mol. The molecular weight excluding hydrogens is 787 g/mol. The van der Waals surface area contributed by atoms with E-state index in [1.165, 1.54) is 0 Å². The van der Waals surface area contributed by atoms with Crippen LogP contribution in [-0.4, -0.2) is 43.1 Å². The SMILES string of the molecule is Cc1cc(-c2cc(-c3nc4ccccc4c4nc5ccccc5n34)cc(-c3nc4ccccc4c4nc5ccccc5n34)c2)cc(-c2nc3ccccc3c3nc4ccccc4n23)c1. The van der Waals surface area contributed by atoms with Gasteiger partial charge in [-0.3, -0.25) is 13.2 Å². The first-order valence-corrected chi connectivity index (χ1v) is 21.4. The first kappa shape index (κ1) is 34.8. The van der Waals surface area contributed by atoms with E-state index < -0.39 is 0 Å². The minimum Gasteiger partial charge on any atom is -0.276 e. The van der Waals surface area contributed by atoms with Crippen LogP contribution < -0.4 is 0 Å². The topological polar surface area (TPSA) is 90.6 Å². The third-order valence-corrected chi connectivity index (χ3v) is 12.5. The standard InChI is InChI=1S/C55H33N9/c1-32-26-33(28-35(27-32)50-56-41-17-5-2-14-38(41)53-59-44-20-8-11-23-47(44)62(50)53)34-29-36(51-57-42-18-6-3-15-39(42)54-60-45-21-9-12-24-48(45)63(51)54)31-37(30-34)52-58-43-19-7-4-16-40(43)55-61-46-22-10-13-25-49(46)64(52)55/h2-31H,1H3. The lowest BCUT2D eigenvalue weighted by Gasteiger charge is -2.16.